The van der Waals surface area contributed by atoms with E-state index in [2.05, 4.69) is 30.8 Å². The minimum atomic E-state index is 0.999. The minimum absolute atomic E-state index is 0.999. The molecule has 0 aromatic carbocycles. The fourth-order valence-electron chi connectivity index (χ4n) is 2.52. The predicted molar refractivity (Wildman–Crippen MR) is 67.7 cm³/mol. The molecule has 3 nitrogen and oxygen atoms in total. The third-order valence-corrected chi connectivity index (χ3v) is 3.64. The van der Waals surface area contributed by atoms with Crippen molar-refractivity contribution in [3.63, 3.8) is 0 Å². The first kappa shape index (κ1) is 11.2. The number of anilines is 2. The summed E-state index contributed by atoms with van der Waals surface area (Å²) in [6.45, 7) is 5.41. The number of aromatic amines is 1. The van der Waals surface area contributed by atoms with Crippen LogP contribution in [0.25, 0.3) is 0 Å². The zero-order chi connectivity index (χ0) is 11.7. The lowest BCUT2D eigenvalue weighted by Gasteiger charge is -2.15. The van der Waals surface area contributed by atoms with Crippen LogP contribution in [-0.2, 0) is 12.8 Å². The van der Waals surface area contributed by atoms with Gasteiger partial charge in [-0.25, -0.2) is 4.98 Å². The number of pyridine rings is 1. The Kier molecular flexibility index (Phi) is 3.03. The number of hydrogen-bond acceptors (Lipinski definition) is 2. The van der Waals surface area contributed by atoms with Crippen molar-refractivity contribution >= 4 is 11.5 Å². The summed E-state index contributed by atoms with van der Waals surface area (Å²) in [5.41, 5.74) is 11.1. The maximum atomic E-state index is 6.26. The molecule has 1 aromatic rings. The van der Waals surface area contributed by atoms with Gasteiger partial charge in [0.25, 0.3) is 5.82 Å². The van der Waals surface area contributed by atoms with Crippen LogP contribution in [0.3, 0.4) is 0 Å². The topological polar surface area (TPSA) is 43.4 Å². The van der Waals surface area contributed by atoms with E-state index in [1.807, 2.05) is 0 Å². The molecular formula is C13H22N3+. The van der Waals surface area contributed by atoms with Gasteiger partial charge in [0.15, 0.2) is 0 Å². The molecule has 0 bridgehead atoms. The van der Waals surface area contributed by atoms with E-state index in [1.165, 1.54) is 35.5 Å². The molecule has 88 valence electrons. The molecule has 2 rings (SSSR count). The number of H-pyrrole nitrogens is 1. The number of nitrogens with two attached hydrogens (primary N) is 1. The summed E-state index contributed by atoms with van der Waals surface area (Å²) >= 11 is 0. The van der Waals surface area contributed by atoms with Crippen molar-refractivity contribution in [2.24, 2.45) is 0 Å². The quantitative estimate of drug-likeness (QED) is 0.783. The molecule has 0 radical (unpaired) electrons. The lowest BCUT2D eigenvalue weighted by molar-refractivity contribution is -0.376. The second kappa shape index (κ2) is 4.32. The van der Waals surface area contributed by atoms with Crippen LogP contribution >= 0.6 is 0 Å². The molecule has 0 atom stereocenters. The lowest BCUT2D eigenvalue weighted by Crippen LogP contribution is -2.29. The fraction of sp³-hybridized carbons (Fsp3) is 0.615. The normalized spacial score (nSPS) is 15.8. The van der Waals surface area contributed by atoms with Gasteiger partial charge < -0.3 is 5.73 Å². The molecule has 0 unspecified atom stereocenters. The summed E-state index contributed by atoms with van der Waals surface area (Å²) in [6, 6.07) is 0. The molecule has 0 fully saturated rings. The molecule has 0 amide bonds. The number of nitrogen functional groups attached to an aromatic ring is 1. The molecule has 2 heterocycles. The molecular weight excluding hydrogens is 198 g/mol. The standard InChI is InChI=1S/C13H21N3/c1-4-11-9(2)12(14)10-7-5-6-8-16(3)13(10)15-11/h4-8H2,1-3H3,(H2,14,15)/p+1. The van der Waals surface area contributed by atoms with E-state index in [9.17, 15) is 0 Å². The van der Waals surface area contributed by atoms with E-state index in [0.29, 0.717) is 0 Å². The van der Waals surface area contributed by atoms with E-state index in [-0.39, 0.29) is 0 Å². The molecule has 0 spiro atoms. The Hall–Kier alpha value is -1.25. The third-order valence-electron chi connectivity index (χ3n) is 3.64. The highest BCUT2D eigenvalue weighted by Gasteiger charge is 2.24. The largest absolute Gasteiger partial charge is 0.398 e. The summed E-state index contributed by atoms with van der Waals surface area (Å²) in [6.07, 6.45) is 4.60. The van der Waals surface area contributed by atoms with Crippen molar-refractivity contribution in [3.05, 3.63) is 16.8 Å². The Morgan fingerprint density at radius 2 is 2.12 bits per heavy atom. The highest BCUT2D eigenvalue weighted by Crippen LogP contribution is 2.29. The maximum Gasteiger partial charge on any atom is 0.279 e. The Bertz CT molecular complexity index is 399. The average Bonchev–Trinajstić information content (AvgIpc) is 2.46. The Morgan fingerprint density at radius 3 is 2.81 bits per heavy atom. The molecule has 3 N–H and O–H groups in total. The van der Waals surface area contributed by atoms with Gasteiger partial charge in [0.1, 0.15) is 5.69 Å². The zero-order valence-corrected chi connectivity index (χ0v) is 10.6. The maximum absolute atomic E-state index is 6.26. The number of fused-ring (bicyclic) bond motifs is 1. The van der Waals surface area contributed by atoms with Crippen molar-refractivity contribution in [2.75, 3.05) is 24.2 Å². The minimum Gasteiger partial charge on any atom is -0.398 e. The fourth-order valence-corrected chi connectivity index (χ4v) is 2.52. The van der Waals surface area contributed by atoms with Crippen LogP contribution in [0.4, 0.5) is 11.5 Å². The van der Waals surface area contributed by atoms with Crippen LogP contribution in [0.2, 0.25) is 0 Å². The van der Waals surface area contributed by atoms with Gasteiger partial charge in [0.05, 0.1) is 19.2 Å². The summed E-state index contributed by atoms with van der Waals surface area (Å²) < 4.78 is 0. The van der Waals surface area contributed by atoms with Crippen LogP contribution < -0.4 is 15.6 Å². The molecule has 1 aromatic heterocycles. The predicted octanol–water partition coefficient (Wildman–Crippen LogP) is 1.73. The molecule has 0 saturated heterocycles. The summed E-state index contributed by atoms with van der Waals surface area (Å²) in [5.74, 6) is 1.23. The highest BCUT2D eigenvalue weighted by atomic mass is 15.2. The number of rotatable bonds is 1. The average molecular weight is 220 g/mol. The molecule has 16 heavy (non-hydrogen) atoms. The Morgan fingerprint density at radius 1 is 1.38 bits per heavy atom. The van der Waals surface area contributed by atoms with E-state index in [0.717, 1.165) is 25.1 Å². The summed E-state index contributed by atoms with van der Waals surface area (Å²) in [5, 5.41) is 0. The number of aryl methyl sites for hydroxylation is 1. The van der Waals surface area contributed by atoms with Gasteiger partial charge in [-0.3, -0.25) is 4.90 Å². The van der Waals surface area contributed by atoms with Crippen LogP contribution in [-0.4, -0.2) is 13.6 Å². The van der Waals surface area contributed by atoms with Crippen molar-refractivity contribution in [1.29, 1.82) is 0 Å². The van der Waals surface area contributed by atoms with E-state index in [1.54, 1.807) is 0 Å². The Balaban J connectivity index is 2.59. The first-order chi connectivity index (χ1) is 7.65. The number of nitrogens with one attached hydrogen (secondary N) is 1. The second-order valence-corrected chi connectivity index (χ2v) is 4.70. The highest BCUT2D eigenvalue weighted by molar-refractivity contribution is 5.62. The van der Waals surface area contributed by atoms with Crippen molar-refractivity contribution in [2.45, 2.75) is 39.5 Å². The number of hydrogen-bond donors (Lipinski definition) is 1. The van der Waals surface area contributed by atoms with Gasteiger partial charge in [-0.1, -0.05) is 6.92 Å². The van der Waals surface area contributed by atoms with Gasteiger partial charge in [0.2, 0.25) is 0 Å². The van der Waals surface area contributed by atoms with Gasteiger partial charge in [-0.2, -0.15) is 0 Å². The van der Waals surface area contributed by atoms with Crippen LogP contribution in [0.5, 0.6) is 0 Å². The van der Waals surface area contributed by atoms with Crippen LogP contribution in [0, 0.1) is 6.92 Å². The second-order valence-electron chi connectivity index (χ2n) is 4.70. The van der Waals surface area contributed by atoms with Crippen molar-refractivity contribution < 1.29 is 4.98 Å². The first-order valence-corrected chi connectivity index (χ1v) is 6.19. The summed E-state index contributed by atoms with van der Waals surface area (Å²) in [4.78, 5) is 5.86. The molecule has 3 heteroatoms. The SMILES string of the molecule is CCc1[nH+]c2c(c(N)c1C)CCCCN2C. The smallest absolute Gasteiger partial charge is 0.279 e. The number of aromatic nitrogens is 1. The van der Waals surface area contributed by atoms with Gasteiger partial charge in [0, 0.05) is 17.7 Å². The Labute approximate surface area is 97.7 Å². The van der Waals surface area contributed by atoms with E-state index >= 15 is 0 Å². The lowest BCUT2D eigenvalue weighted by atomic mass is 10.0. The third kappa shape index (κ3) is 1.75. The summed E-state index contributed by atoms with van der Waals surface area (Å²) in [7, 11) is 2.15. The zero-order valence-electron chi connectivity index (χ0n) is 10.6. The van der Waals surface area contributed by atoms with E-state index in [4.69, 9.17) is 5.73 Å². The van der Waals surface area contributed by atoms with Crippen LogP contribution in [0.1, 0.15) is 36.6 Å². The van der Waals surface area contributed by atoms with E-state index < -0.39 is 0 Å². The van der Waals surface area contributed by atoms with Gasteiger partial charge in [-0.15, -0.1) is 0 Å². The molecule has 1 aliphatic heterocycles. The number of nitrogens with zero attached hydrogens (tertiary/aromatic N) is 1. The van der Waals surface area contributed by atoms with Crippen molar-refractivity contribution in [3.8, 4) is 0 Å². The van der Waals surface area contributed by atoms with Gasteiger partial charge >= 0.3 is 0 Å². The molecule has 0 aliphatic carbocycles. The van der Waals surface area contributed by atoms with Crippen molar-refractivity contribution in [1.82, 2.24) is 0 Å². The monoisotopic (exact) mass is 220 g/mol. The van der Waals surface area contributed by atoms with Gasteiger partial charge in [-0.05, 0) is 26.2 Å². The molecule has 1 aliphatic rings. The molecule has 0 saturated carbocycles. The van der Waals surface area contributed by atoms with Crippen LogP contribution in [0.15, 0.2) is 0 Å². The first-order valence-electron chi connectivity index (χ1n) is 6.19.